The molecule has 56 heavy (non-hydrogen) atoms. The number of carbonyl (C=O) groups is 4. The number of pyridine rings is 1. The van der Waals surface area contributed by atoms with Gasteiger partial charge in [-0.3, -0.25) is 23.9 Å². The van der Waals surface area contributed by atoms with Crippen LogP contribution in [0.1, 0.15) is 87.4 Å². The van der Waals surface area contributed by atoms with Gasteiger partial charge in [0.1, 0.15) is 23.7 Å². The van der Waals surface area contributed by atoms with Crippen molar-refractivity contribution in [3.8, 4) is 5.88 Å². The Kier molecular flexibility index (Phi) is 9.70. The van der Waals surface area contributed by atoms with Crippen molar-refractivity contribution < 1.29 is 41.2 Å². The first-order chi connectivity index (χ1) is 26.8. The molecule has 8 rings (SSSR count). The summed E-state index contributed by atoms with van der Waals surface area (Å²) < 4.78 is 53.9. The van der Waals surface area contributed by atoms with E-state index in [1.54, 1.807) is 19.9 Å². The summed E-state index contributed by atoms with van der Waals surface area (Å²) in [4.78, 5) is 62.6. The number of para-hydroxylation sites is 1. The third kappa shape index (κ3) is 7.17. The smallest absolute Gasteiger partial charge is 0.274 e. The Hall–Kier alpha value is -5.18. The zero-order valence-corrected chi connectivity index (χ0v) is 32.1. The van der Waals surface area contributed by atoms with Gasteiger partial charge in [-0.1, -0.05) is 54.4 Å². The number of nitrogens with zero attached hydrogens (tertiary/aromatic N) is 3. The Morgan fingerprint density at radius 3 is 2.61 bits per heavy atom. The lowest BCUT2D eigenvalue weighted by molar-refractivity contribution is -0.140. The van der Waals surface area contributed by atoms with Crippen molar-refractivity contribution in [3.05, 3.63) is 78.0 Å². The highest BCUT2D eigenvalue weighted by Gasteiger charge is 2.62. The Balaban J connectivity index is 1.13. The lowest BCUT2D eigenvalue weighted by atomic mass is 9.91. The quantitative estimate of drug-likeness (QED) is 0.181. The molecule has 13 nitrogen and oxygen atoms in total. The average molecular weight is 786 g/mol. The Morgan fingerprint density at radius 1 is 1.04 bits per heavy atom. The molecule has 4 heterocycles. The second-order valence-corrected chi connectivity index (χ2v) is 18.2. The second-order valence-electron chi connectivity index (χ2n) is 16.0. The molecule has 1 saturated heterocycles. The minimum absolute atomic E-state index is 0.0100. The number of sulfonamides is 1. The molecule has 2 aliphatic heterocycles. The molecule has 3 fully saturated rings. The molecule has 294 valence electrons. The van der Waals surface area contributed by atoms with Gasteiger partial charge in [-0.25, -0.2) is 17.8 Å². The van der Waals surface area contributed by atoms with Gasteiger partial charge in [-0.15, -0.1) is 0 Å². The minimum atomic E-state index is -3.98. The number of fused-ring (bicyclic) bond motifs is 5. The van der Waals surface area contributed by atoms with E-state index in [4.69, 9.17) is 14.2 Å². The number of amides is 3. The van der Waals surface area contributed by atoms with Crippen molar-refractivity contribution >= 4 is 55.2 Å². The number of halogens is 1. The molecule has 2 aromatic carbocycles. The molecule has 3 amide bonds. The summed E-state index contributed by atoms with van der Waals surface area (Å²) in [5.74, 6) is -2.55. The van der Waals surface area contributed by atoms with Gasteiger partial charge in [0.15, 0.2) is 11.5 Å². The van der Waals surface area contributed by atoms with E-state index < -0.39 is 67.7 Å². The molecule has 4 aliphatic rings. The van der Waals surface area contributed by atoms with Crippen LogP contribution in [0.15, 0.2) is 65.2 Å². The van der Waals surface area contributed by atoms with Crippen LogP contribution in [0.3, 0.4) is 0 Å². The van der Waals surface area contributed by atoms with E-state index in [-0.39, 0.29) is 49.7 Å². The van der Waals surface area contributed by atoms with Crippen LogP contribution in [0.4, 0.5) is 4.39 Å². The number of allylic oxidation sites excluding steroid dienone is 2. The van der Waals surface area contributed by atoms with Crippen LogP contribution in [0, 0.1) is 24.1 Å². The van der Waals surface area contributed by atoms with Gasteiger partial charge in [-0.05, 0) is 81.9 Å². The monoisotopic (exact) mass is 785 g/mol. The van der Waals surface area contributed by atoms with Gasteiger partial charge in [0, 0.05) is 29.7 Å². The normalized spacial score (nSPS) is 27.1. The number of ketones is 1. The number of benzene rings is 2. The highest BCUT2D eigenvalue weighted by molar-refractivity contribution is 7.91. The molecule has 2 aromatic heterocycles. The number of carbonyl (C=O) groups excluding carboxylic acids is 4. The highest BCUT2D eigenvalue weighted by Crippen LogP contribution is 2.57. The van der Waals surface area contributed by atoms with Crippen LogP contribution < -0.4 is 14.8 Å². The third-order valence-electron chi connectivity index (χ3n) is 11.9. The van der Waals surface area contributed by atoms with Crippen molar-refractivity contribution in [2.24, 2.45) is 11.3 Å². The first kappa shape index (κ1) is 37.7. The van der Waals surface area contributed by atoms with Crippen molar-refractivity contribution in [2.75, 3.05) is 6.54 Å². The fraction of sp³-hybridized carbons (Fsp3) is 0.463. The SMILES string of the molecule is Cc1cc(C(=O)N[C@H]2CCCCC/C=C\[C@@H]3C[C@@]3(C(=O)NS(=O)(=O)C3(C)CC3)CC(=O)[C@@H]3C[C@@H](Oc4nc5ccccc5c5ccc(F)cc45)CN3C2=O)no1. The summed E-state index contributed by atoms with van der Waals surface area (Å²) in [6.45, 7) is 3.18. The highest BCUT2D eigenvalue weighted by atomic mass is 32.2. The van der Waals surface area contributed by atoms with E-state index in [0.29, 0.717) is 47.7 Å². The number of aryl methyl sites for hydroxylation is 1. The van der Waals surface area contributed by atoms with Gasteiger partial charge in [-0.2, -0.15) is 0 Å². The summed E-state index contributed by atoms with van der Waals surface area (Å²) >= 11 is 0. The maximum atomic E-state index is 14.7. The van der Waals surface area contributed by atoms with Crippen LogP contribution >= 0.6 is 0 Å². The molecule has 0 unspecified atom stereocenters. The third-order valence-corrected chi connectivity index (χ3v) is 14.1. The van der Waals surface area contributed by atoms with E-state index >= 15 is 0 Å². The summed E-state index contributed by atoms with van der Waals surface area (Å²) in [6.07, 6.45) is 7.05. The number of ether oxygens (including phenoxy) is 1. The predicted molar refractivity (Wildman–Crippen MR) is 203 cm³/mol. The van der Waals surface area contributed by atoms with Crippen molar-refractivity contribution in [2.45, 2.75) is 101 Å². The number of nitrogens with one attached hydrogen (secondary N) is 2. The standard InChI is InChI=1S/C41H44FN5O8S/c1-24-18-33(45-55-24)36(49)43-32-13-7-5-3-4-6-10-25-21-41(25,39(51)46-56(52,53)40(2)16-17-40)22-35(48)34-20-27(23-47(34)38(32)50)54-37-30-19-26(42)14-15-28(30)29-11-8-9-12-31(29)44-37/h6,8-12,14-15,18-19,25,27,32,34H,3-5,7,13,16-17,20-23H2,1-2H3,(H,43,49)(H,46,51)/b10-6-/t25-,27-,32+,34+,41-/m1/s1. The van der Waals surface area contributed by atoms with E-state index in [2.05, 4.69) is 15.2 Å². The molecule has 4 aromatic rings. The summed E-state index contributed by atoms with van der Waals surface area (Å²) in [5, 5.41) is 8.56. The first-order valence-corrected chi connectivity index (χ1v) is 20.7. The van der Waals surface area contributed by atoms with Crippen LogP contribution in [-0.2, 0) is 24.4 Å². The van der Waals surface area contributed by atoms with Gasteiger partial charge >= 0.3 is 0 Å². The van der Waals surface area contributed by atoms with Crippen LogP contribution in [-0.4, -0.2) is 76.4 Å². The Labute approximate surface area is 323 Å². The van der Waals surface area contributed by atoms with Gasteiger partial charge in [0.05, 0.1) is 28.3 Å². The van der Waals surface area contributed by atoms with Gasteiger partial charge in [0.2, 0.25) is 27.7 Å². The molecule has 0 radical (unpaired) electrons. The zero-order chi connectivity index (χ0) is 39.4. The topological polar surface area (TPSA) is 178 Å². The van der Waals surface area contributed by atoms with Gasteiger partial charge < -0.3 is 19.5 Å². The number of hydrogen-bond acceptors (Lipinski definition) is 10. The van der Waals surface area contributed by atoms with E-state index in [1.807, 2.05) is 36.4 Å². The fourth-order valence-corrected chi connectivity index (χ4v) is 9.47. The maximum absolute atomic E-state index is 14.7. The number of rotatable bonds is 7. The molecule has 15 heteroatoms. The zero-order valence-electron chi connectivity index (χ0n) is 31.3. The van der Waals surface area contributed by atoms with Crippen molar-refractivity contribution in [1.29, 1.82) is 0 Å². The Morgan fingerprint density at radius 2 is 1.84 bits per heavy atom. The molecular formula is C41H44FN5O8S. The predicted octanol–water partition coefficient (Wildman–Crippen LogP) is 5.45. The maximum Gasteiger partial charge on any atom is 0.274 e. The lowest BCUT2D eigenvalue weighted by Crippen LogP contribution is -2.52. The molecular weight excluding hydrogens is 742 g/mol. The molecule has 0 spiro atoms. The average Bonchev–Trinajstić information content (AvgIpc) is 3.97. The van der Waals surface area contributed by atoms with Crippen molar-refractivity contribution in [1.82, 2.24) is 25.1 Å². The molecule has 0 bridgehead atoms. The molecule has 2 saturated carbocycles. The second kappa shape index (κ2) is 14.4. The van der Waals surface area contributed by atoms with Crippen molar-refractivity contribution in [3.63, 3.8) is 0 Å². The molecule has 2 aliphatic carbocycles. The van der Waals surface area contributed by atoms with Gasteiger partial charge in [0.25, 0.3) is 5.91 Å². The van der Waals surface area contributed by atoms with Crippen LogP contribution in [0.5, 0.6) is 5.88 Å². The van der Waals surface area contributed by atoms with Crippen LogP contribution in [0.2, 0.25) is 0 Å². The fourth-order valence-electron chi connectivity index (χ4n) is 8.14. The van der Waals surface area contributed by atoms with E-state index in [0.717, 1.165) is 18.2 Å². The number of hydrogen-bond donors (Lipinski definition) is 2. The summed E-state index contributed by atoms with van der Waals surface area (Å²) in [6, 6.07) is 11.1. The number of aromatic nitrogens is 2. The minimum Gasteiger partial charge on any atom is -0.472 e. The Bertz CT molecular complexity index is 2390. The summed E-state index contributed by atoms with van der Waals surface area (Å²) in [5.41, 5.74) is -0.690. The number of Topliss-reactive ketones (excluding diaryl/α,β-unsaturated/α-hetero) is 1. The first-order valence-electron chi connectivity index (χ1n) is 19.2. The van der Waals surface area contributed by atoms with Crippen LogP contribution in [0.25, 0.3) is 21.7 Å². The van der Waals surface area contributed by atoms with E-state index in [9.17, 15) is 32.0 Å². The molecule has 5 atom stereocenters. The molecule has 2 N–H and O–H groups in total. The lowest BCUT2D eigenvalue weighted by Gasteiger charge is -2.29. The van der Waals surface area contributed by atoms with E-state index in [1.165, 1.54) is 23.1 Å². The largest absolute Gasteiger partial charge is 0.472 e. The summed E-state index contributed by atoms with van der Waals surface area (Å²) in [7, 11) is -3.98.